The van der Waals surface area contributed by atoms with Gasteiger partial charge in [0.15, 0.2) is 0 Å². The van der Waals surface area contributed by atoms with E-state index >= 15 is 0 Å². The second kappa shape index (κ2) is 6.17. The van der Waals surface area contributed by atoms with Crippen LogP contribution in [-0.4, -0.2) is 23.2 Å². The van der Waals surface area contributed by atoms with Crippen molar-refractivity contribution in [3.05, 3.63) is 22.4 Å². The van der Waals surface area contributed by atoms with E-state index in [1.165, 1.54) is 4.88 Å². The molecule has 1 aromatic rings. The molecular weight excluding hydrogens is 234 g/mol. The van der Waals surface area contributed by atoms with Gasteiger partial charge in [0.1, 0.15) is 0 Å². The van der Waals surface area contributed by atoms with Crippen molar-refractivity contribution in [3.63, 3.8) is 0 Å². The number of thiophene rings is 1. The highest BCUT2D eigenvalue weighted by Crippen LogP contribution is 2.18. The Morgan fingerprint density at radius 2 is 2.29 bits per heavy atom. The molecule has 0 saturated heterocycles. The molecule has 0 spiro atoms. The van der Waals surface area contributed by atoms with Crippen LogP contribution in [0.15, 0.2) is 17.5 Å². The van der Waals surface area contributed by atoms with Crippen molar-refractivity contribution in [1.82, 2.24) is 5.32 Å². The van der Waals surface area contributed by atoms with E-state index in [1.54, 1.807) is 11.3 Å². The summed E-state index contributed by atoms with van der Waals surface area (Å²) >= 11 is 1.68. The molecule has 1 aromatic heterocycles. The number of amides is 1. The maximum Gasteiger partial charge on any atom is 0.220 e. The molecule has 2 unspecified atom stereocenters. The Balaban J connectivity index is 1.73. The predicted octanol–water partition coefficient (Wildman–Crippen LogP) is 2.10. The zero-order chi connectivity index (χ0) is 12.1. The monoisotopic (exact) mass is 253 g/mol. The number of hydrogen-bond donors (Lipinski definition) is 2. The molecule has 17 heavy (non-hydrogen) atoms. The number of carbonyl (C=O) groups is 1. The largest absolute Gasteiger partial charge is 0.391 e. The van der Waals surface area contributed by atoms with Crippen LogP contribution >= 0.6 is 11.3 Å². The fraction of sp³-hybridized carbons (Fsp3) is 0.615. The molecule has 2 N–H and O–H groups in total. The average molecular weight is 253 g/mol. The summed E-state index contributed by atoms with van der Waals surface area (Å²) in [6.07, 6.45) is 4.86. The van der Waals surface area contributed by atoms with Gasteiger partial charge in [-0.1, -0.05) is 18.9 Å². The minimum Gasteiger partial charge on any atom is -0.391 e. The van der Waals surface area contributed by atoms with E-state index in [0.717, 1.165) is 32.1 Å². The van der Waals surface area contributed by atoms with Gasteiger partial charge in [-0.05, 0) is 30.7 Å². The maximum atomic E-state index is 11.7. The van der Waals surface area contributed by atoms with E-state index in [1.807, 2.05) is 17.5 Å². The number of aliphatic hydroxyl groups is 1. The molecule has 4 heteroatoms. The van der Waals surface area contributed by atoms with Crippen LogP contribution in [0.3, 0.4) is 0 Å². The third-order valence-electron chi connectivity index (χ3n) is 3.25. The van der Waals surface area contributed by atoms with Gasteiger partial charge in [0.25, 0.3) is 0 Å². The Morgan fingerprint density at radius 1 is 1.47 bits per heavy atom. The third kappa shape index (κ3) is 3.82. The molecule has 1 heterocycles. The number of carbonyl (C=O) groups excluding carboxylic acids is 1. The third-order valence-corrected chi connectivity index (χ3v) is 4.19. The Morgan fingerprint density at radius 3 is 3.00 bits per heavy atom. The van der Waals surface area contributed by atoms with E-state index in [-0.39, 0.29) is 18.1 Å². The van der Waals surface area contributed by atoms with Gasteiger partial charge in [-0.2, -0.15) is 0 Å². The quantitative estimate of drug-likeness (QED) is 0.863. The lowest BCUT2D eigenvalue weighted by Crippen LogP contribution is -2.45. The van der Waals surface area contributed by atoms with Crippen molar-refractivity contribution < 1.29 is 9.90 Å². The molecule has 2 rings (SSSR count). The molecule has 3 nitrogen and oxygen atoms in total. The summed E-state index contributed by atoms with van der Waals surface area (Å²) in [4.78, 5) is 13.0. The molecule has 94 valence electrons. The summed E-state index contributed by atoms with van der Waals surface area (Å²) in [5, 5.41) is 14.7. The zero-order valence-electron chi connectivity index (χ0n) is 9.89. The minimum atomic E-state index is -0.352. The van der Waals surface area contributed by atoms with Crippen LogP contribution in [0.2, 0.25) is 0 Å². The van der Waals surface area contributed by atoms with E-state index in [4.69, 9.17) is 0 Å². The van der Waals surface area contributed by atoms with E-state index in [2.05, 4.69) is 5.32 Å². The maximum absolute atomic E-state index is 11.7. The normalized spacial score (nSPS) is 24.5. The van der Waals surface area contributed by atoms with E-state index < -0.39 is 0 Å². The highest BCUT2D eigenvalue weighted by atomic mass is 32.1. The predicted molar refractivity (Wildman–Crippen MR) is 69.0 cm³/mol. The molecule has 0 aliphatic heterocycles. The summed E-state index contributed by atoms with van der Waals surface area (Å²) in [5.74, 6) is 0.0596. The molecule has 0 bridgehead atoms. The summed E-state index contributed by atoms with van der Waals surface area (Å²) in [7, 11) is 0. The topological polar surface area (TPSA) is 49.3 Å². The second-order valence-electron chi connectivity index (χ2n) is 4.61. The standard InChI is InChI=1S/C13H19NO2S/c15-12-6-2-1-5-11(12)14-13(16)8-7-10-4-3-9-17-10/h3-4,9,11-12,15H,1-2,5-8H2,(H,14,16). The van der Waals surface area contributed by atoms with Crippen LogP contribution in [0.4, 0.5) is 0 Å². The fourth-order valence-electron chi connectivity index (χ4n) is 2.25. The summed E-state index contributed by atoms with van der Waals surface area (Å²) in [6, 6.07) is 4.02. The number of hydrogen-bond acceptors (Lipinski definition) is 3. The Bertz CT molecular complexity index is 350. The van der Waals surface area contributed by atoms with Gasteiger partial charge in [-0.15, -0.1) is 11.3 Å². The van der Waals surface area contributed by atoms with Crippen LogP contribution in [0, 0.1) is 0 Å². The highest BCUT2D eigenvalue weighted by Gasteiger charge is 2.24. The Kier molecular flexibility index (Phi) is 4.57. The van der Waals surface area contributed by atoms with Gasteiger partial charge in [0.05, 0.1) is 12.1 Å². The van der Waals surface area contributed by atoms with Crippen LogP contribution in [0.1, 0.15) is 37.0 Å². The molecule has 1 aliphatic rings. The summed E-state index contributed by atoms with van der Waals surface area (Å²) in [6.45, 7) is 0. The summed E-state index contributed by atoms with van der Waals surface area (Å²) in [5.41, 5.74) is 0. The Labute approximate surface area is 106 Å². The Hall–Kier alpha value is -0.870. The van der Waals surface area contributed by atoms with Crippen LogP contribution in [0.5, 0.6) is 0 Å². The molecule has 0 radical (unpaired) electrons. The van der Waals surface area contributed by atoms with Gasteiger partial charge in [-0.25, -0.2) is 0 Å². The molecule has 0 aromatic carbocycles. The molecule has 2 atom stereocenters. The first kappa shape index (κ1) is 12.6. The molecule has 1 fully saturated rings. The lowest BCUT2D eigenvalue weighted by atomic mass is 9.92. The minimum absolute atomic E-state index is 0.0282. The second-order valence-corrected chi connectivity index (χ2v) is 5.64. The van der Waals surface area contributed by atoms with Crippen molar-refractivity contribution in [2.45, 2.75) is 50.7 Å². The van der Waals surface area contributed by atoms with E-state index in [9.17, 15) is 9.90 Å². The average Bonchev–Trinajstić information content (AvgIpc) is 2.82. The molecule has 1 amide bonds. The van der Waals surface area contributed by atoms with Crippen molar-refractivity contribution in [3.8, 4) is 0 Å². The van der Waals surface area contributed by atoms with E-state index in [0.29, 0.717) is 6.42 Å². The van der Waals surface area contributed by atoms with Gasteiger partial charge in [0, 0.05) is 11.3 Å². The fourth-order valence-corrected chi connectivity index (χ4v) is 2.96. The van der Waals surface area contributed by atoms with Crippen molar-refractivity contribution in [2.75, 3.05) is 0 Å². The van der Waals surface area contributed by atoms with Gasteiger partial charge in [0.2, 0.25) is 5.91 Å². The lowest BCUT2D eigenvalue weighted by molar-refractivity contribution is -0.123. The van der Waals surface area contributed by atoms with Crippen molar-refractivity contribution in [1.29, 1.82) is 0 Å². The molecule has 1 aliphatic carbocycles. The first-order valence-corrected chi connectivity index (χ1v) is 7.13. The van der Waals surface area contributed by atoms with Crippen LogP contribution in [0.25, 0.3) is 0 Å². The first-order valence-electron chi connectivity index (χ1n) is 6.25. The first-order chi connectivity index (χ1) is 8.25. The number of aliphatic hydroxyl groups excluding tert-OH is 1. The molecule has 1 saturated carbocycles. The number of nitrogens with one attached hydrogen (secondary N) is 1. The zero-order valence-corrected chi connectivity index (χ0v) is 10.7. The SMILES string of the molecule is O=C(CCc1cccs1)NC1CCCCC1O. The lowest BCUT2D eigenvalue weighted by Gasteiger charge is -2.28. The van der Waals surface area contributed by atoms with Gasteiger partial charge >= 0.3 is 0 Å². The van der Waals surface area contributed by atoms with Crippen molar-refractivity contribution in [2.24, 2.45) is 0 Å². The van der Waals surface area contributed by atoms with Gasteiger partial charge in [-0.3, -0.25) is 4.79 Å². The van der Waals surface area contributed by atoms with Crippen molar-refractivity contribution >= 4 is 17.2 Å². The highest BCUT2D eigenvalue weighted by molar-refractivity contribution is 7.09. The van der Waals surface area contributed by atoms with Gasteiger partial charge < -0.3 is 10.4 Å². The van der Waals surface area contributed by atoms with Crippen LogP contribution < -0.4 is 5.32 Å². The molecular formula is C13H19NO2S. The summed E-state index contributed by atoms with van der Waals surface area (Å²) < 4.78 is 0. The van der Waals surface area contributed by atoms with Crippen LogP contribution in [-0.2, 0) is 11.2 Å². The number of aryl methyl sites for hydroxylation is 1. The number of rotatable bonds is 4. The smallest absolute Gasteiger partial charge is 0.220 e.